The van der Waals surface area contributed by atoms with Gasteiger partial charge >= 0.3 is 0 Å². The van der Waals surface area contributed by atoms with Gasteiger partial charge in [0.1, 0.15) is 19.0 Å². The summed E-state index contributed by atoms with van der Waals surface area (Å²) < 4.78 is 25.3. The third-order valence-electron chi connectivity index (χ3n) is 4.92. The van der Waals surface area contributed by atoms with Gasteiger partial charge in [0, 0.05) is 30.2 Å². The van der Waals surface area contributed by atoms with Gasteiger partial charge in [0.2, 0.25) is 0 Å². The average molecular weight is 412 g/mol. The van der Waals surface area contributed by atoms with E-state index in [1.54, 1.807) is 24.3 Å². The fourth-order valence-corrected chi connectivity index (χ4v) is 3.43. The summed E-state index contributed by atoms with van der Waals surface area (Å²) >= 11 is 0. The maximum Gasteiger partial charge on any atom is 0.257 e. The number of nitrogens with zero attached hydrogens (tertiary/aromatic N) is 1. The Morgan fingerprint density at radius 2 is 1.87 bits per heavy atom. The third kappa shape index (κ3) is 3.99. The normalized spacial score (nSPS) is 12.7. The van der Waals surface area contributed by atoms with Crippen LogP contribution in [-0.4, -0.2) is 47.3 Å². The molecule has 156 valence electrons. The Kier molecular flexibility index (Phi) is 5.67. The highest BCUT2D eigenvalue weighted by molar-refractivity contribution is 5.94. The largest absolute Gasteiger partial charge is 0.486 e. The van der Waals surface area contributed by atoms with Gasteiger partial charge < -0.3 is 24.5 Å². The molecular formula is C22H21FN2O5. The molecule has 0 unspecified atom stereocenters. The number of hydrogen-bond donors (Lipinski definition) is 2. The van der Waals surface area contributed by atoms with Gasteiger partial charge in [0.15, 0.2) is 11.5 Å². The first-order valence-corrected chi connectivity index (χ1v) is 9.67. The summed E-state index contributed by atoms with van der Waals surface area (Å²) in [4.78, 5) is 29.7. The van der Waals surface area contributed by atoms with Crippen LogP contribution in [0.2, 0.25) is 0 Å². The molecular weight excluding hydrogens is 391 g/mol. The van der Waals surface area contributed by atoms with Crippen molar-refractivity contribution in [2.45, 2.75) is 13.0 Å². The highest BCUT2D eigenvalue weighted by atomic mass is 19.1. The maximum atomic E-state index is 14.1. The average Bonchev–Trinajstić information content (AvgIpc) is 2.75. The van der Waals surface area contributed by atoms with Crippen molar-refractivity contribution in [3.8, 4) is 11.5 Å². The van der Waals surface area contributed by atoms with E-state index in [0.29, 0.717) is 42.2 Å². The van der Waals surface area contributed by atoms with E-state index >= 15 is 0 Å². The van der Waals surface area contributed by atoms with Crippen LogP contribution in [0.5, 0.6) is 11.5 Å². The summed E-state index contributed by atoms with van der Waals surface area (Å²) in [5, 5.41) is 9.92. The smallest absolute Gasteiger partial charge is 0.257 e. The van der Waals surface area contributed by atoms with Crippen molar-refractivity contribution in [1.29, 1.82) is 0 Å². The molecule has 8 heteroatoms. The van der Waals surface area contributed by atoms with Gasteiger partial charge in [0.05, 0.1) is 17.6 Å². The molecule has 3 aromatic rings. The monoisotopic (exact) mass is 412 g/mol. The summed E-state index contributed by atoms with van der Waals surface area (Å²) in [7, 11) is 0. The Morgan fingerprint density at radius 3 is 2.60 bits per heavy atom. The number of fused-ring (bicyclic) bond motifs is 2. The molecule has 1 aromatic heterocycles. The third-order valence-corrected chi connectivity index (χ3v) is 4.92. The van der Waals surface area contributed by atoms with Gasteiger partial charge in [-0.15, -0.1) is 0 Å². The fraction of sp³-hybridized carbons (Fsp3) is 0.273. The molecule has 7 nitrogen and oxygen atoms in total. The molecule has 1 aliphatic heterocycles. The van der Waals surface area contributed by atoms with Crippen molar-refractivity contribution in [1.82, 2.24) is 9.88 Å². The number of aromatic nitrogens is 1. The van der Waals surface area contributed by atoms with Gasteiger partial charge in [-0.25, -0.2) is 4.39 Å². The molecule has 0 spiro atoms. The fourth-order valence-electron chi connectivity index (χ4n) is 3.43. The number of aliphatic hydroxyl groups excluding tert-OH is 1. The van der Waals surface area contributed by atoms with E-state index in [4.69, 9.17) is 9.47 Å². The van der Waals surface area contributed by atoms with Crippen LogP contribution in [0.4, 0.5) is 4.39 Å². The summed E-state index contributed by atoms with van der Waals surface area (Å²) in [6, 6.07) is 10.9. The van der Waals surface area contributed by atoms with E-state index in [9.17, 15) is 19.1 Å². The van der Waals surface area contributed by atoms with Crippen LogP contribution in [0.3, 0.4) is 0 Å². The maximum absolute atomic E-state index is 14.1. The van der Waals surface area contributed by atoms with Crippen LogP contribution in [0, 0.1) is 5.82 Å². The topological polar surface area (TPSA) is 91.9 Å². The lowest BCUT2D eigenvalue weighted by atomic mass is 10.1. The first-order valence-electron chi connectivity index (χ1n) is 9.67. The van der Waals surface area contributed by atoms with Crippen molar-refractivity contribution in [2.75, 3.05) is 26.4 Å². The predicted molar refractivity (Wildman–Crippen MR) is 108 cm³/mol. The standard InChI is InChI=1S/C22H21FN2O5/c23-17-5-2-1-4-16(17)22(28)25(6-3-7-26)13-15-10-14-11-19-20(30-9-8-29-19)12-18(14)24-21(15)27/h1-2,4-5,10-12,26H,3,6-9,13H2,(H,24,27). The minimum Gasteiger partial charge on any atom is -0.486 e. The van der Waals surface area contributed by atoms with Gasteiger partial charge in [-0.3, -0.25) is 9.59 Å². The Labute approximate surface area is 171 Å². The number of aliphatic hydroxyl groups is 1. The second-order valence-corrected chi connectivity index (χ2v) is 6.99. The summed E-state index contributed by atoms with van der Waals surface area (Å²) in [5.74, 6) is -0.0151. The summed E-state index contributed by atoms with van der Waals surface area (Å²) in [6.45, 7) is 0.924. The molecule has 0 atom stereocenters. The number of carbonyl (C=O) groups excluding carboxylic acids is 1. The molecule has 0 fully saturated rings. The van der Waals surface area contributed by atoms with E-state index in [2.05, 4.69) is 4.98 Å². The molecule has 0 saturated carbocycles. The molecule has 1 amide bonds. The molecule has 4 rings (SSSR count). The van der Waals surface area contributed by atoms with E-state index < -0.39 is 11.7 Å². The van der Waals surface area contributed by atoms with Crippen LogP contribution >= 0.6 is 0 Å². The number of nitrogens with one attached hydrogen (secondary N) is 1. The van der Waals surface area contributed by atoms with Crippen LogP contribution in [-0.2, 0) is 6.54 Å². The molecule has 1 aliphatic rings. The lowest BCUT2D eigenvalue weighted by Crippen LogP contribution is -2.34. The Bertz CT molecular complexity index is 1140. The zero-order chi connectivity index (χ0) is 21.1. The van der Waals surface area contributed by atoms with Crippen LogP contribution in [0.15, 0.2) is 47.3 Å². The van der Waals surface area contributed by atoms with Crippen LogP contribution < -0.4 is 15.0 Å². The van der Waals surface area contributed by atoms with Crippen molar-refractivity contribution in [2.24, 2.45) is 0 Å². The first kappa shape index (κ1) is 19.9. The minimum atomic E-state index is -0.632. The molecule has 0 radical (unpaired) electrons. The molecule has 30 heavy (non-hydrogen) atoms. The highest BCUT2D eigenvalue weighted by Crippen LogP contribution is 2.33. The Morgan fingerprint density at radius 1 is 1.13 bits per heavy atom. The van der Waals surface area contributed by atoms with Gasteiger partial charge in [-0.05, 0) is 30.7 Å². The molecule has 0 saturated heterocycles. The van der Waals surface area contributed by atoms with Crippen molar-refractivity contribution in [3.63, 3.8) is 0 Å². The molecule has 2 N–H and O–H groups in total. The van der Waals surface area contributed by atoms with E-state index in [1.807, 2.05) is 0 Å². The van der Waals surface area contributed by atoms with Gasteiger partial charge in [0.25, 0.3) is 11.5 Å². The summed E-state index contributed by atoms with van der Waals surface area (Å²) in [6.07, 6.45) is 0.310. The lowest BCUT2D eigenvalue weighted by Gasteiger charge is -2.23. The number of halogens is 1. The van der Waals surface area contributed by atoms with Gasteiger partial charge in [-0.2, -0.15) is 0 Å². The Hall–Kier alpha value is -3.39. The zero-order valence-corrected chi connectivity index (χ0v) is 16.2. The first-order chi connectivity index (χ1) is 14.6. The van der Waals surface area contributed by atoms with Crippen LogP contribution in [0.25, 0.3) is 10.9 Å². The van der Waals surface area contributed by atoms with Crippen molar-refractivity contribution >= 4 is 16.8 Å². The number of amides is 1. The molecule has 2 aromatic carbocycles. The lowest BCUT2D eigenvalue weighted by molar-refractivity contribution is 0.0726. The number of aromatic amines is 1. The molecule has 0 aliphatic carbocycles. The number of carbonyl (C=O) groups is 1. The number of ether oxygens (including phenoxy) is 2. The highest BCUT2D eigenvalue weighted by Gasteiger charge is 2.21. The summed E-state index contributed by atoms with van der Waals surface area (Å²) in [5.41, 5.74) is 0.513. The quantitative estimate of drug-likeness (QED) is 0.649. The second-order valence-electron chi connectivity index (χ2n) is 6.99. The zero-order valence-electron chi connectivity index (χ0n) is 16.2. The Balaban J connectivity index is 1.68. The number of hydrogen-bond acceptors (Lipinski definition) is 5. The number of rotatable bonds is 6. The van der Waals surface area contributed by atoms with E-state index in [0.717, 1.165) is 5.39 Å². The van der Waals surface area contributed by atoms with Gasteiger partial charge in [-0.1, -0.05) is 12.1 Å². The SMILES string of the molecule is O=C(c1ccccc1F)N(CCCO)Cc1cc2cc3c(cc2[nH]c1=O)OCCO3. The predicted octanol–water partition coefficient (Wildman–Crippen LogP) is 2.46. The minimum absolute atomic E-state index is 0.0209. The van der Waals surface area contributed by atoms with E-state index in [1.165, 1.54) is 23.1 Å². The number of benzene rings is 2. The van der Waals surface area contributed by atoms with E-state index in [-0.39, 0.29) is 30.8 Å². The number of pyridine rings is 1. The van der Waals surface area contributed by atoms with Crippen molar-refractivity contribution in [3.05, 3.63) is 69.8 Å². The molecule has 0 bridgehead atoms. The molecule has 2 heterocycles. The number of H-pyrrole nitrogens is 1. The van der Waals surface area contributed by atoms with Crippen LogP contribution in [0.1, 0.15) is 22.3 Å². The van der Waals surface area contributed by atoms with Crippen molar-refractivity contribution < 1.29 is 23.8 Å². The second kappa shape index (κ2) is 8.54.